The van der Waals surface area contributed by atoms with Gasteiger partial charge in [-0.3, -0.25) is 4.79 Å². The maximum atomic E-state index is 11.9. The fourth-order valence-electron chi connectivity index (χ4n) is 1.90. The van der Waals surface area contributed by atoms with E-state index in [0.717, 1.165) is 0 Å². The van der Waals surface area contributed by atoms with Gasteiger partial charge in [-0.1, -0.05) is 6.58 Å². The molecule has 2 N–H and O–H groups in total. The van der Waals surface area contributed by atoms with Gasteiger partial charge in [-0.2, -0.15) is 0 Å². The lowest BCUT2D eigenvalue weighted by Gasteiger charge is -2.19. The molecule has 0 radical (unpaired) electrons. The van der Waals surface area contributed by atoms with Gasteiger partial charge in [0.25, 0.3) is 0 Å². The van der Waals surface area contributed by atoms with Gasteiger partial charge in [-0.25, -0.2) is 4.79 Å². The average Bonchev–Trinajstić information content (AvgIpc) is 2.45. The minimum absolute atomic E-state index is 0.0621. The zero-order valence-corrected chi connectivity index (χ0v) is 11.8. The number of anilines is 1. The molecule has 2 rings (SSSR count). The van der Waals surface area contributed by atoms with Crippen LogP contribution in [0, 0.1) is 0 Å². The molecule has 21 heavy (non-hydrogen) atoms. The predicted octanol–water partition coefficient (Wildman–Crippen LogP) is 1.73. The number of esters is 1. The quantitative estimate of drug-likeness (QED) is 0.385. The van der Waals surface area contributed by atoms with Gasteiger partial charge in [0.1, 0.15) is 24.7 Å². The van der Waals surface area contributed by atoms with Gasteiger partial charge in [-0.15, -0.1) is 0 Å². The summed E-state index contributed by atoms with van der Waals surface area (Å²) in [5.41, 5.74) is 6.87. The second-order valence-corrected chi connectivity index (χ2v) is 4.64. The normalized spacial score (nSPS) is 13.1. The van der Waals surface area contributed by atoms with Crippen LogP contribution in [0.4, 0.5) is 5.69 Å². The van der Waals surface area contributed by atoms with Gasteiger partial charge in [0.05, 0.1) is 17.9 Å². The zero-order chi connectivity index (χ0) is 15.4. The molecule has 1 heterocycles. The molecule has 0 aromatic heterocycles. The van der Waals surface area contributed by atoms with Crippen LogP contribution >= 0.6 is 0 Å². The topological polar surface area (TPSA) is 87.9 Å². The van der Waals surface area contributed by atoms with Gasteiger partial charge in [0.2, 0.25) is 0 Å². The van der Waals surface area contributed by atoms with Crippen LogP contribution in [-0.2, 0) is 9.53 Å². The number of rotatable bonds is 5. The molecule has 0 saturated heterocycles. The van der Waals surface area contributed by atoms with E-state index in [-0.39, 0.29) is 24.7 Å². The lowest BCUT2D eigenvalue weighted by molar-refractivity contribution is -0.139. The van der Waals surface area contributed by atoms with Crippen LogP contribution in [0.15, 0.2) is 24.3 Å². The van der Waals surface area contributed by atoms with E-state index in [1.807, 2.05) is 0 Å². The zero-order valence-electron chi connectivity index (χ0n) is 11.8. The molecule has 0 aliphatic carbocycles. The van der Waals surface area contributed by atoms with E-state index in [0.29, 0.717) is 35.7 Å². The maximum absolute atomic E-state index is 11.9. The Morgan fingerprint density at radius 1 is 1.43 bits per heavy atom. The highest BCUT2D eigenvalue weighted by molar-refractivity contribution is 6.05. The van der Waals surface area contributed by atoms with Crippen molar-refractivity contribution in [2.45, 2.75) is 13.3 Å². The molecule has 0 spiro atoms. The Morgan fingerprint density at radius 2 is 2.19 bits per heavy atom. The molecular formula is C15H17NO5. The van der Waals surface area contributed by atoms with Crippen molar-refractivity contribution >= 4 is 17.4 Å². The number of nitrogens with two attached hydrogens (primary N) is 1. The number of carbonyl (C=O) groups is 2. The van der Waals surface area contributed by atoms with E-state index in [1.54, 1.807) is 19.1 Å². The summed E-state index contributed by atoms with van der Waals surface area (Å²) < 4.78 is 15.7. The first-order chi connectivity index (χ1) is 10.0. The fourth-order valence-corrected chi connectivity index (χ4v) is 1.90. The van der Waals surface area contributed by atoms with Gasteiger partial charge in [0, 0.05) is 12.0 Å². The number of Topliss-reactive ketones (excluding diaryl/α,β-unsaturated/α-hetero) is 1. The largest absolute Gasteiger partial charge is 0.492 e. The van der Waals surface area contributed by atoms with Crippen molar-refractivity contribution in [3.05, 3.63) is 29.8 Å². The molecule has 0 unspecified atom stereocenters. The highest BCUT2D eigenvalue weighted by Crippen LogP contribution is 2.36. The number of hydrogen-bond donors (Lipinski definition) is 1. The van der Waals surface area contributed by atoms with Crippen LogP contribution in [0.1, 0.15) is 23.7 Å². The first-order valence-corrected chi connectivity index (χ1v) is 6.54. The maximum Gasteiger partial charge on any atom is 0.333 e. The lowest BCUT2D eigenvalue weighted by Crippen LogP contribution is -2.18. The average molecular weight is 291 g/mol. The van der Waals surface area contributed by atoms with E-state index in [9.17, 15) is 9.59 Å². The summed E-state index contributed by atoms with van der Waals surface area (Å²) in [6, 6.07) is 3.28. The Labute approximate surface area is 122 Å². The molecule has 1 aromatic carbocycles. The van der Waals surface area contributed by atoms with Crippen molar-refractivity contribution in [3.8, 4) is 11.5 Å². The second kappa shape index (κ2) is 6.30. The Balaban J connectivity index is 1.99. The molecule has 6 nitrogen and oxygen atoms in total. The van der Waals surface area contributed by atoms with Crippen LogP contribution in [-0.4, -0.2) is 31.6 Å². The Bertz CT molecular complexity index is 594. The Morgan fingerprint density at radius 3 is 2.90 bits per heavy atom. The van der Waals surface area contributed by atoms with E-state index < -0.39 is 5.97 Å². The Hall–Kier alpha value is -2.50. The van der Waals surface area contributed by atoms with Crippen molar-refractivity contribution in [2.75, 3.05) is 25.6 Å². The molecule has 0 fully saturated rings. The number of benzene rings is 1. The second-order valence-electron chi connectivity index (χ2n) is 4.64. The molecule has 0 atom stereocenters. The van der Waals surface area contributed by atoms with Crippen LogP contribution < -0.4 is 15.2 Å². The van der Waals surface area contributed by atoms with E-state index >= 15 is 0 Å². The number of carbonyl (C=O) groups excluding carboxylic acids is 2. The van der Waals surface area contributed by atoms with Crippen molar-refractivity contribution in [3.63, 3.8) is 0 Å². The molecular weight excluding hydrogens is 274 g/mol. The summed E-state index contributed by atoms with van der Waals surface area (Å²) >= 11 is 0. The number of fused-ring (bicyclic) bond motifs is 1. The molecule has 6 heteroatoms. The number of nitrogen functional groups attached to an aromatic ring is 1. The summed E-state index contributed by atoms with van der Waals surface area (Å²) in [4.78, 5) is 23.1. The summed E-state index contributed by atoms with van der Waals surface area (Å²) in [7, 11) is 0. The van der Waals surface area contributed by atoms with Crippen molar-refractivity contribution in [1.29, 1.82) is 0 Å². The molecule has 1 aliphatic heterocycles. The standard InChI is InChI=1S/C15H17NO5/c1-9(2)15(18)21-8-7-20-12-4-3-11-13(14(12)16)10(17)5-6-19-11/h3-4H,1,5-8,16H2,2H3. The third-order valence-corrected chi connectivity index (χ3v) is 2.96. The summed E-state index contributed by atoms with van der Waals surface area (Å²) in [5.74, 6) is 0.317. The molecule has 0 bridgehead atoms. The van der Waals surface area contributed by atoms with E-state index in [2.05, 4.69) is 6.58 Å². The first kappa shape index (κ1) is 14.9. The predicted molar refractivity (Wildman–Crippen MR) is 76.6 cm³/mol. The van der Waals surface area contributed by atoms with Crippen molar-refractivity contribution in [1.82, 2.24) is 0 Å². The number of ketones is 1. The van der Waals surface area contributed by atoms with Crippen molar-refractivity contribution in [2.24, 2.45) is 0 Å². The Kier molecular flexibility index (Phi) is 4.47. The van der Waals surface area contributed by atoms with Crippen LogP contribution in [0.25, 0.3) is 0 Å². The number of hydrogen-bond acceptors (Lipinski definition) is 6. The minimum atomic E-state index is -0.472. The fraction of sp³-hybridized carbons (Fsp3) is 0.333. The van der Waals surface area contributed by atoms with Gasteiger partial charge in [0.15, 0.2) is 5.78 Å². The molecule has 1 aliphatic rings. The molecule has 112 valence electrons. The highest BCUT2D eigenvalue weighted by atomic mass is 16.6. The summed E-state index contributed by atoms with van der Waals surface area (Å²) in [6.45, 7) is 5.62. The SMILES string of the molecule is C=C(C)C(=O)OCCOc1ccc2c(c1N)C(=O)CCO2. The van der Waals surface area contributed by atoms with Gasteiger partial charge in [-0.05, 0) is 19.1 Å². The molecule has 0 saturated carbocycles. The van der Waals surface area contributed by atoms with Gasteiger partial charge >= 0.3 is 5.97 Å². The van der Waals surface area contributed by atoms with Crippen molar-refractivity contribution < 1.29 is 23.8 Å². The molecule has 1 aromatic rings. The number of ether oxygens (including phenoxy) is 3. The van der Waals surface area contributed by atoms with Crippen LogP contribution in [0.2, 0.25) is 0 Å². The van der Waals surface area contributed by atoms with Crippen LogP contribution in [0.3, 0.4) is 0 Å². The summed E-state index contributed by atoms with van der Waals surface area (Å²) in [6.07, 6.45) is 0.302. The third kappa shape index (κ3) is 3.34. The van der Waals surface area contributed by atoms with E-state index in [4.69, 9.17) is 19.9 Å². The monoisotopic (exact) mass is 291 g/mol. The smallest absolute Gasteiger partial charge is 0.333 e. The highest BCUT2D eigenvalue weighted by Gasteiger charge is 2.23. The van der Waals surface area contributed by atoms with E-state index in [1.165, 1.54) is 0 Å². The third-order valence-electron chi connectivity index (χ3n) is 2.96. The lowest BCUT2D eigenvalue weighted by atomic mass is 10.0. The van der Waals surface area contributed by atoms with Crippen LogP contribution in [0.5, 0.6) is 11.5 Å². The van der Waals surface area contributed by atoms with Gasteiger partial charge < -0.3 is 19.9 Å². The first-order valence-electron chi connectivity index (χ1n) is 6.54. The molecule has 0 amide bonds. The summed E-state index contributed by atoms with van der Waals surface area (Å²) in [5, 5.41) is 0. The minimum Gasteiger partial charge on any atom is -0.492 e.